The molecule has 86 valence electrons. The van der Waals surface area contributed by atoms with Gasteiger partial charge in [0.1, 0.15) is 6.54 Å². The zero-order chi connectivity index (χ0) is 12.0. The van der Waals surface area contributed by atoms with Crippen LogP contribution in [0.1, 0.15) is 6.42 Å². The van der Waals surface area contributed by atoms with Crippen molar-refractivity contribution in [1.29, 1.82) is 0 Å². The number of carboxylic acids is 1. The summed E-state index contributed by atoms with van der Waals surface area (Å²) in [5, 5.41) is 10.6. The highest BCUT2D eigenvalue weighted by molar-refractivity contribution is 6.04. The highest BCUT2D eigenvalue weighted by Gasteiger charge is 2.28. The van der Waals surface area contributed by atoms with Gasteiger partial charge in [-0.1, -0.05) is 6.07 Å². The minimum Gasteiger partial charge on any atom is -0.480 e. The van der Waals surface area contributed by atoms with Crippen LogP contribution in [0.5, 0.6) is 0 Å². The molecule has 2 aliphatic rings. The van der Waals surface area contributed by atoms with Crippen LogP contribution >= 0.6 is 0 Å². The summed E-state index contributed by atoms with van der Waals surface area (Å²) in [5.74, 6) is -1.17. The molecule has 0 saturated heterocycles. The van der Waals surface area contributed by atoms with E-state index < -0.39 is 5.97 Å². The van der Waals surface area contributed by atoms with E-state index in [4.69, 9.17) is 5.11 Å². The SMILES string of the molecule is O=C(O)CN1C(=O)CC2=c3c1cccc3=NC2. The first kappa shape index (κ1) is 10.0. The number of carbonyl (C=O) groups excluding carboxylic acids is 1. The van der Waals surface area contributed by atoms with E-state index >= 15 is 0 Å². The molecule has 2 aliphatic heterocycles. The third kappa shape index (κ3) is 1.43. The number of aliphatic carboxylic acids is 1. The lowest BCUT2D eigenvalue weighted by atomic mass is 10.0. The molecule has 0 unspecified atom stereocenters. The second-order valence-electron chi connectivity index (χ2n) is 4.14. The molecule has 5 nitrogen and oxygen atoms in total. The minimum atomic E-state index is -1.01. The normalized spacial score (nSPS) is 16.8. The van der Waals surface area contributed by atoms with Crippen molar-refractivity contribution >= 4 is 23.1 Å². The Bertz CT molecular complexity index is 648. The van der Waals surface area contributed by atoms with Gasteiger partial charge in [-0.3, -0.25) is 14.6 Å². The lowest BCUT2D eigenvalue weighted by Gasteiger charge is -2.25. The molecule has 5 heteroatoms. The quantitative estimate of drug-likeness (QED) is 0.729. The van der Waals surface area contributed by atoms with Crippen LogP contribution in [0, 0.1) is 0 Å². The highest BCUT2D eigenvalue weighted by atomic mass is 16.4. The number of benzene rings is 1. The average Bonchev–Trinajstić information content (AvgIpc) is 2.68. The summed E-state index contributed by atoms with van der Waals surface area (Å²) in [5.41, 5.74) is 1.68. The van der Waals surface area contributed by atoms with Gasteiger partial charge in [0.2, 0.25) is 5.91 Å². The molecule has 17 heavy (non-hydrogen) atoms. The zero-order valence-electron chi connectivity index (χ0n) is 9.01. The molecule has 0 saturated carbocycles. The van der Waals surface area contributed by atoms with Crippen molar-refractivity contribution in [3.05, 3.63) is 28.8 Å². The lowest BCUT2D eigenvalue weighted by molar-refractivity contribution is -0.136. The van der Waals surface area contributed by atoms with Crippen LogP contribution in [0.4, 0.5) is 5.69 Å². The third-order valence-electron chi connectivity index (χ3n) is 3.06. The number of carbonyl (C=O) groups is 2. The molecule has 0 spiro atoms. The van der Waals surface area contributed by atoms with Crippen LogP contribution in [-0.4, -0.2) is 30.1 Å². The van der Waals surface area contributed by atoms with E-state index in [1.165, 1.54) is 4.90 Å². The number of carboxylic acid groups (broad SMARTS) is 1. The van der Waals surface area contributed by atoms with Gasteiger partial charge in [0.05, 0.1) is 24.0 Å². The first-order valence-corrected chi connectivity index (χ1v) is 5.34. The Morgan fingerprint density at radius 2 is 2.29 bits per heavy atom. The van der Waals surface area contributed by atoms with Crippen LogP contribution < -0.4 is 15.5 Å². The smallest absolute Gasteiger partial charge is 0.323 e. The fraction of sp³-hybridized carbons (Fsp3) is 0.250. The maximum Gasteiger partial charge on any atom is 0.323 e. The molecule has 0 radical (unpaired) electrons. The topological polar surface area (TPSA) is 70.0 Å². The molecular formula is C12H10N2O3. The van der Waals surface area contributed by atoms with Crippen molar-refractivity contribution in [2.45, 2.75) is 6.42 Å². The Morgan fingerprint density at radius 3 is 3.06 bits per heavy atom. The van der Waals surface area contributed by atoms with Gasteiger partial charge in [0, 0.05) is 5.22 Å². The summed E-state index contributed by atoms with van der Waals surface area (Å²) in [6, 6.07) is 5.47. The molecule has 0 bridgehead atoms. The molecular weight excluding hydrogens is 220 g/mol. The summed E-state index contributed by atoms with van der Waals surface area (Å²) < 4.78 is 0. The summed E-state index contributed by atoms with van der Waals surface area (Å²) in [6.45, 7) is 0.265. The first-order chi connectivity index (χ1) is 8.16. The summed E-state index contributed by atoms with van der Waals surface area (Å²) >= 11 is 0. The van der Waals surface area contributed by atoms with Gasteiger partial charge >= 0.3 is 5.97 Å². The van der Waals surface area contributed by atoms with Crippen LogP contribution in [0.25, 0.3) is 5.57 Å². The van der Waals surface area contributed by atoms with E-state index in [-0.39, 0.29) is 18.9 Å². The van der Waals surface area contributed by atoms with Gasteiger partial charge in [0.15, 0.2) is 0 Å². The number of amides is 1. The van der Waals surface area contributed by atoms with E-state index in [1.807, 2.05) is 6.07 Å². The standard InChI is InChI=1S/C12H10N2O3/c15-10-4-7-5-13-8-2-1-3-9(12(7)8)14(10)6-11(16)17/h1-3H,4-6H2,(H,16,17). The van der Waals surface area contributed by atoms with Gasteiger partial charge in [-0.15, -0.1) is 0 Å². The number of rotatable bonds is 2. The van der Waals surface area contributed by atoms with E-state index in [0.29, 0.717) is 12.2 Å². The molecule has 0 aliphatic carbocycles. The fourth-order valence-corrected chi connectivity index (χ4v) is 2.37. The monoisotopic (exact) mass is 230 g/mol. The Morgan fingerprint density at radius 1 is 1.47 bits per heavy atom. The number of hydrogen-bond acceptors (Lipinski definition) is 3. The predicted octanol–water partition coefficient (Wildman–Crippen LogP) is -0.708. The average molecular weight is 230 g/mol. The zero-order valence-corrected chi connectivity index (χ0v) is 9.01. The molecule has 3 rings (SSSR count). The van der Waals surface area contributed by atoms with Crippen molar-refractivity contribution in [3.8, 4) is 0 Å². The maximum absolute atomic E-state index is 11.9. The summed E-state index contributed by atoms with van der Waals surface area (Å²) in [7, 11) is 0. The molecule has 0 aromatic heterocycles. The van der Waals surface area contributed by atoms with E-state index in [1.54, 1.807) is 12.1 Å². The van der Waals surface area contributed by atoms with Gasteiger partial charge in [0.25, 0.3) is 0 Å². The number of anilines is 1. The van der Waals surface area contributed by atoms with Crippen LogP contribution in [0.2, 0.25) is 0 Å². The third-order valence-corrected chi connectivity index (χ3v) is 3.06. The Hall–Kier alpha value is -2.17. The van der Waals surface area contributed by atoms with Gasteiger partial charge in [-0.25, -0.2) is 0 Å². The molecule has 1 N–H and O–H groups in total. The van der Waals surface area contributed by atoms with Crippen molar-refractivity contribution in [2.24, 2.45) is 4.99 Å². The second-order valence-corrected chi connectivity index (χ2v) is 4.14. The largest absolute Gasteiger partial charge is 0.480 e. The lowest BCUT2D eigenvalue weighted by Crippen LogP contribution is -2.44. The van der Waals surface area contributed by atoms with E-state index in [2.05, 4.69) is 4.99 Å². The molecule has 2 heterocycles. The Balaban J connectivity index is 2.23. The number of nitrogens with zero attached hydrogens (tertiary/aromatic N) is 2. The van der Waals surface area contributed by atoms with Crippen molar-refractivity contribution < 1.29 is 14.7 Å². The van der Waals surface area contributed by atoms with Crippen LogP contribution in [-0.2, 0) is 9.59 Å². The summed E-state index contributed by atoms with van der Waals surface area (Å²) in [6.07, 6.45) is 0.279. The van der Waals surface area contributed by atoms with Crippen LogP contribution in [0.15, 0.2) is 23.2 Å². The molecule has 1 aromatic carbocycles. The number of hydrogen-bond donors (Lipinski definition) is 1. The first-order valence-electron chi connectivity index (χ1n) is 5.34. The van der Waals surface area contributed by atoms with E-state index in [0.717, 1.165) is 16.1 Å². The Labute approximate surface area is 96.7 Å². The Kier molecular flexibility index (Phi) is 2.01. The minimum absolute atomic E-state index is 0.163. The molecule has 1 amide bonds. The van der Waals surface area contributed by atoms with Gasteiger partial charge < -0.3 is 10.0 Å². The maximum atomic E-state index is 11.9. The summed E-state index contributed by atoms with van der Waals surface area (Å²) in [4.78, 5) is 28.3. The highest BCUT2D eigenvalue weighted by Crippen LogP contribution is 2.19. The van der Waals surface area contributed by atoms with Crippen molar-refractivity contribution in [1.82, 2.24) is 0 Å². The fourth-order valence-electron chi connectivity index (χ4n) is 2.37. The molecule has 1 aromatic rings. The molecule has 0 atom stereocenters. The van der Waals surface area contributed by atoms with Gasteiger partial charge in [-0.2, -0.15) is 0 Å². The van der Waals surface area contributed by atoms with Crippen LogP contribution in [0.3, 0.4) is 0 Å². The van der Waals surface area contributed by atoms with Gasteiger partial charge in [-0.05, 0) is 17.7 Å². The second kappa shape index (κ2) is 3.41. The van der Waals surface area contributed by atoms with Crippen molar-refractivity contribution in [3.63, 3.8) is 0 Å². The molecule has 0 fully saturated rings. The van der Waals surface area contributed by atoms with E-state index in [9.17, 15) is 9.59 Å². The predicted molar refractivity (Wildman–Crippen MR) is 60.1 cm³/mol. The van der Waals surface area contributed by atoms with Crippen molar-refractivity contribution in [2.75, 3.05) is 18.0 Å².